The average molecular weight is 420 g/mol. The van der Waals surface area contributed by atoms with Gasteiger partial charge in [0.25, 0.3) is 5.91 Å². The molecule has 1 N–H and O–H groups in total. The summed E-state index contributed by atoms with van der Waals surface area (Å²) in [5, 5.41) is 2.93. The summed E-state index contributed by atoms with van der Waals surface area (Å²) >= 11 is 1.70. The molecule has 6 nitrogen and oxygen atoms in total. The molecule has 1 aliphatic rings. The van der Waals surface area contributed by atoms with Crippen LogP contribution in [0.15, 0.2) is 78.0 Å². The highest BCUT2D eigenvalue weighted by atomic mass is 32.2. The van der Waals surface area contributed by atoms with E-state index in [1.54, 1.807) is 22.9 Å². The summed E-state index contributed by atoms with van der Waals surface area (Å²) in [4.78, 5) is 31.0. The quantitative estimate of drug-likeness (QED) is 0.580. The number of aromatic nitrogens is 1. The van der Waals surface area contributed by atoms with Crippen molar-refractivity contribution in [3.63, 3.8) is 0 Å². The number of hydrogen-bond acceptors (Lipinski definition) is 5. The molecule has 0 spiro atoms. The number of carbonyl (C=O) groups is 2. The van der Waals surface area contributed by atoms with Crippen molar-refractivity contribution < 1.29 is 14.3 Å². The number of thioether (sulfide) groups is 1. The molecule has 7 heteroatoms. The molecular weight excluding hydrogens is 398 g/mol. The summed E-state index contributed by atoms with van der Waals surface area (Å²) in [7, 11) is 0. The molecule has 1 aromatic heterocycles. The van der Waals surface area contributed by atoms with Gasteiger partial charge in [-0.3, -0.25) is 14.7 Å². The zero-order valence-electron chi connectivity index (χ0n) is 16.3. The van der Waals surface area contributed by atoms with E-state index < -0.39 is 0 Å². The number of benzene rings is 2. The lowest BCUT2D eigenvalue weighted by atomic mass is 10.1. The van der Waals surface area contributed by atoms with Crippen molar-refractivity contribution in [2.45, 2.75) is 17.2 Å². The third kappa shape index (κ3) is 4.99. The number of ether oxygens (including phenoxy) is 1. The van der Waals surface area contributed by atoms with Crippen LogP contribution in [0.5, 0.6) is 0 Å². The molecule has 1 fully saturated rings. The Kier molecular flexibility index (Phi) is 6.29. The monoisotopic (exact) mass is 419 g/mol. The van der Waals surface area contributed by atoms with E-state index in [9.17, 15) is 9.59 Å². The lowest BCUT2D eigenvalue weighted by Crippen LogP contribution is -2.24. The van der Waals surface area contributed by atoms with Crippen molar-refractivity contribution in [3.8, 4) is 0 Å². The number of amides is 2. The second kappa shape index (κ2) is 9.45. The Morgan fingerprint density at radius 2 is 1.93 bits per heavy atom. The van der Waals surface area contributed by atoms with Gasteiger partial charge in [-0.25, -0.2) is 4.79 Å². The number of anilines is 1. The minimum Gasteiger partial charge on any atom is -0.447 e. The summed E-state index contributed by atoms with van der Waals surface area (Å²) in [5.74, 6) is 0.699. The van der Waals surface area contributed by atoms with Crippen molar-refractivity contribution in [2.75, 3.05) is 18.1 Å². The maximum atomic E-state index is 12.5. The fourth-order valence-corrected chi connectivity index (χ4v) is 3.93. The SMILES string of the molecule is O=C(NCc1cccc(N2CCOC2=O)c1)c1ccc(SCc2cccnc2)cc1. The minimum atomic E-state index is -0.335. The third-order valence-corrected chi connectivity index (χ3v) is 5.76. The van der Waals surface area contributed by atoms with Crippen LogP contribution >= 0.6 is 11.8 Å². The van der Waals surface area contributed by atoms with Crippen LogP contribution in [0.1, 0.15) is 21.5 Å². The molecule has 0 unspecified atom stereocenters. The standard InChI is InChI=1S/C23H21N3O3S/c27-22(19-6-8-21(9-7-19)30-16-18-4-2-10-24-14-18)25-15-17-3-1-5-20(13-17)26-11-12-29-23(26)28/h1-10,13-14H,11-12,15-16H2,(H,25,27). The summed E-state index contributed by atoms with van der Waals surface area (Å²) in [6.45, 7) is 1.32. The van der Waals surface area contributed by atoms with Crippen molar-refractivity contribution in [2.24, 2.45) is 0 Å². The highest BCUT2D eigenvalue weighted by Crippen LogP contribution is 2.23. The van der Waals surface area contributed by atoms with Gasteiger partial charge in [0.15, 0.2) is 0 Å². The zero-order chi connectivity index (χ0) is 20.8. The smallest absolute Gasteiger partial charge is 0.414 e. The zero-order valence-corrected chi connectivity index (χ0v) is 17.1. The predicted molar refractivity (Wildman–Crippen MR) is 117 cm³/mol. The maximum absolute atomic E-state index is 12.5. The van der Waals surface area contributed by atoms with Crippen LogP contribution in [0.25, 0.3) is 0 Å². The summed E-state index contributed by atoms with van der Waals surface area (Å²) < 4.78 is 4.98. The van der Waals surface area contributed by atoms with Gasteiger partial charge in [-0.2, -0.15) is 0 Å². The highest BCUT2D eigenvalue weighted by molar-refractivity contribution is 7.98. The number of nitrogens with zero attached hydrogens (tertiary/aromatic N) is 2. The van der Waals surface area contributed by atoms with Gasteiger partial charge in [0.05, 0.1) is 6.54 Å². The van der Waals surface area contributed by atoms with E-state index >= 15 is 0 Å². The molecule has 152 valence electrons. The maximum Gasteiger partial charge on any atom is 0.414 e. The first-order valence-electron chi connectivity index (χ1n) is 9.62. The molecule has 2 aromatic carbocycles. The molecule has 0 radical (unpaired) electrons. The Morgan fingerprint density at radius 3 is 2.67 bits per heavy atom. The lowest BCUT2D eigenvalue weighted by Gasteiger charge is -2.14. The van der Waals surface area contributed by atoms with E-state index in [0.717, 1.165) is 27.5 Å². The fraction of sp³-hybridized carbons (Fsp3) is 0.174. The molecule has 2 heterocycles. The molecular formula is C23H21N3O3S. The van der Waals surface area contributed by atoms with Gasteiger partial charge in [0.1, 0.15) is 6.61 Å². The molecule has 3 aromatic rings. The Balaban J connectivity index is 1.31. The lowest BCUT2D eigenvalue weighted by molar-refractivity contribution is 0.0950. The molecule has 0 aliphatic carbocycles. The second-order valence-electron chi connectivity index (χ2n) is 6.79. The van der Waals surface area contributed by atoms with Gasteiger partial charge in [0, 0.05) is 40.8 Å². The summed E-state index contributed by atoms with van der Waals surface area (Å²) in [6.07, 6.45) is 3.28. The number of rotatable bonds is 7. The van der Waals surface area contributed by atoms with E-state index in [4.69, 9.17) is 4.74 Å². The van der Waals surface area contributed by atoms with Crippen LogP contribution in [0.3, 0.4) is 0 Å². The summed E-state index contributed by atoms with van der Waals surface area (Å²) in [5.41, 5.74) is 3.47. The average Bonchev–Trinajstić information content (AvgIpc) is 3.23. The molecule has 30 heavy (non-hydrogen) atoms. The minimum absolute atomic E-state index is 0.134. The number of pyridine rings is 1. The predicted octanol–water partition coefficient (Wildman–Crippen LogP) is 4.26. The van der Waals surface area contributed by atoms with E-state index in [0.29, 0.717) is 25.3 Å². The van der Waals surface area contributed by atoms with E-state index in [1.165, 1.54) is 0 Å². The van der Waals surface area contributed by atoms with Crippen molar-refractivity contribution in [1.29, 1.82) is 0 Å². The van der Waals surface area contributed by atoms with Crippen LogP contribution in [-0.4, -0.2) is 30.1 Å². The molecule has 2 amide bonds. The first kappa shape index (κ1) is 20.0. The van der Waals surface area contributed by atoms with Crippen LogP contribution in [0, 0.1) is 0 Å². The molecule has 1 aliphatic heterocycles. The van der Waals surface area contributed by atoms with Crippen LogP contribution in [-0.2, 0) is 17.0 Å². The number of hydrogen-bond donors (Lipinski definition) is 1. The van der Waals surface area contributed by atoms with Gasteiger partial charge in [-0.05, 0) is 53.6 Å². The van der Waals surface area contributed by atoms with Gasteiger partial charge in [-0.1, -0.05) is 18.2 Å². The Hall–Kier alpha value is -3.32. The Bertz CT molecular complexity index is 1030. The van der Waals surface area contributed by atoms with E-state index in [-0.39, 0.29) is 12.0 Å². The molecule has 0 atom stereocenters. The van der Waals surface area contributed by atoms with E-state index in [2.05, 4.69) is 10.3 Å². The van der Waals surface area contributed by atoms with Crippen LogP contribution < -0.4 is 10.2 Å². The van der Waals surface area contributed by atoms with Gasteiger partial charge in [-0.15, -0.1) is 11.8 Å². The van der Waals surface area contributed by atoms with Crippen LogP contribution in [0.2, 0.25) is 0 Å². The van der Waals surface area contributed by atoms with Crippen molar-refractivity contribution in [1.82, 2.24) is 10.3 Å². The van der Waals surface area contributed by atoms with Gasteiger partial charge in [0.2, 0.25) is 0 Å². The first-order valence-corrected chi connectivity index (χ1v) is 10.6. The number of cyclic esters (lactones) is 1. The van der Waals surface area contributed by atoms with Crippen LogP contribution in [0.4, 0.5) is 10.5 Å². The Labute approximate surface area is 179 Å². The Morgan fingerprint density at radius 1 is 1.10 bits per heavy atom. The molecule has 0 saturated carbocycles. The van der Waals surface area contributed by atoms with Gasteiger partial charge < -0.3 is 10.1 Å². The van der Waals surface area contributed by atoms with Crippen molar-refractivity contribution in [3.05, 3.63) is 89.7 Å². The molecule has 4 rings (SSSR count). The largest absolute Gasteiger partial charge is 0.447 e. The third-order valence-electron chi connectivity index (χ3n) is 4.68. The second-order valence-corrected chi connectivity index (χ2v) is 7.84. The molecule has 0 bridgehead atoms. The van der Waals surface area contributed by atoms with E-state index in [1.807, 2.05) is 66.9 Å². The van der Waals surface area contributed by atoms with Crippen molar-refractivity contribution >= 4 is 29.4 Å². The fourth-order valence-electron chi connectivity index (χ4n) is 3.10. The normalized spacial score (nSPS) is 13.2. The van der Waals surface area contributed by atoms with Gasteiger partial charge >= 0.3 is 6.09 Å². The first-order chi connectivity index (χ1) is 14.7. The number of nitrogens with one attached hydrogen (secondary N) is 1. The highest BCUT2D eigenvalue weighted by Gasteiger charge is 2.23. The summed E-state index contributed by atoms with van der Waals surface area (Å²) in [6, 6.07) is 19.1. The number of carbonyl (C=O) groups excluding carboxylic acids is 2. The molecule has 1 saturated heterocycles. The topological polar surface area (TPSA) is 71.5 Å².